The number of carboxylic acid groups (broad SMARTS) is 2. The van der Waals surface area contributed by atoms with Crippen molar-refractivity contribution in [1.82, 2.24) is 0 Å². The van der Waals surface area contributed by atoms with Gasteiger partial charge in [-0.25, -0.2) is 9.59 Å². The Labute approximate surface area is 115 Å². The molecule has 5 heteroatoms. The van der Waals surface area contributed by atoms with Crippen LogP contribution in [0.4, 0.5) is 0 Å². The summed E-state index contributed by atoms with van der Waals surface area (Å²) in [4.78, 5) is 21.8. The molecule has 0 saturated carbocycles. The lowest BCUT2D eigenvalue weighted by molar-refractivity contribution is 0.0684. The Morgan fingerprint density at radius 3 is 2.00 bits per heavy atom. The highest BCUT2D eigenvalue weighted by Gasteiger charge is 2.12. The van der Waals surface area contributed by atoms with Gasteiger partial charge >= 0.3 is 11.9 Å². The van der Waals surface area contributed by atoms with Gasteiger partial charge < -0.3 is 14.9 Å². The van der Waals surface area contributed by atoms with E-state index in [0.29, 0.717) is 0 Å². The van der Waals surface area contributed by atoms with Crippen LogP contribution in [0.5, 0.6) is 5.75 Å². The van der Waals surface area contributed by atoms with Crippen LogP contribution in [0.3, 0.4) is 0 Å². The van der Waals surface area contributed by atoms with Gasteiger partial charge in [0, 0.05) is 0 Å². The highest BCUT2D eigenvalue weighted by molar-refractivity contribution is 5.92. The molecule has 102 valence electrons. The Hall–Kier alpha value is -2.82. The lowest BCUT2D eigenvalue weighted by Crippen LogP contribution is -2.00. The zero-order chi connectivity index (χ0) is 14.7. The fourth-order valence-corrected chi connectivity index (χ4v) is 1.85. The molecule has 5 nitrogen and oxygen atoms in total. The van der Waals surface area contributed by atoms with Crippen molar-refractivity contribution in [2.24, 2.45) is 0 Å². The van der Waals surface area contributed by atoms with E-state index >= 15 is 0 Å². The smallest absolute Gasteiger partial charge is 0.339 e. The predicted molar refractivity (Wildman–Crippen MR) is 72.3 cm³/mol. The normalized spacial score (nSPS) is 10.1. The number of ether oxygens (including phenoxy) is 1. The number of benzene rings is 2. The number of hydrogen-bond acceptors (Lipinski definition) is 3. The largest absolute Gasteiger partial charge is 0.496 e. The van der Waals surface area contributed by atoms with Gasteiger partial charge in [0.15, 0.2) is 0 Å². The van der Waals surface area contributed by atoms with Crippen LogP contribution < -0.4 is 4.74 Å². The van der Waals surface area contributed by atoms with Crippen LogP contribution in [0.2, 0.25) is 0 Å². The fourth-order valence-electron chi connectivity index (χ4n) is 1.85. The number of carbonyl (C=O) groups is 2. The molecule has 2 aromatic rings. The number of carboxylic acids is 2. The average Bonchev–Trinajstić information content (AvgIpc) is 2.46. The predicted octanol–water partition coefficient (Wildman–Crippen LogP) is 2.76. The summed E-state index contributed by atoms with van der Waals surface area (Å²) in [5.74, 6) is -1.79. The molecule has 0 aliphatic rings. The minimum Gasteiger partial charge on any atom is -0.496 e. The van der Waals surface area contributed by atoms with E-state index in [9.17, 15) is 9.59 Å². The molecule has 0 fully saturated rings. The van der Waals surface area contributed by atoms with E-state index in [4.69, 9.17) is 14.9 Å². The van der Waals surface area contributed by atoms with Crippen LogP contribution in [0.15, 0.2) is 42.5 Å². The van der Waals surface area contributed by atoms with Crippen LogP contribution in [-0.4, -0.2) is 29.3 Å². The van der Waals surface area contributed by atoms with Crippen molar-refractivity contribution < 1.29 is 24.5 Å². The van der Waals surface area contributed by atoms with E-state index in [1.54, 1.807) is 24.3 Å². The standard InChI is InChI=1S/C15H12O5/c1-20-13-8-11(6-7-12(13)15(18)19)9-2-4-10(5-3-9)14(16)17/h2-8H,1H3,(H,16,17)(H,18,19). The summed E-state index contributed by atoms with van der Waals surface area (Å²) in [5, 5.41) is 17.9. The van der Waals surface area contributed by atoms with E-state index < -0.39 is 11.9 Å². The lowest BCUT2D eigenvalue weighted by atomic mass is 10.0. The van der Waals surface area contributed by atoms with Crippen molar-refractivity contribution in [3.05, 3.63) is 53.6 Å². The van der Waals surface area contributed by atoms with Crippen LogP contribution in [0.25, 0.3) is 11.1 Å². The van der Waals surface area contributed by atoms with E-state index in [1.807, 2.05) is 0 Å². The van der Waals surface area contributed by atoms with Gasteiger partial charge in [-0.15, -0.1) is 0 Å². The summed E-state index contributed by atoms with van der Waals surface area (Å²) in [6.07, 6.45) is 0. The Kier molecular flexibility index (Phi) is 3.70. The third-order valence-electron chi connectivity index (χ3n) is 2.90. The second-order valence-corrected chi connectivity index (χ2v) is 4.10. The van der Waals surface area contributed by atoms with Gasteiger partial charge in [0.2, 0.25) is 0 Å². The summed E-state index contributed by atoms with van der Waals surface area (Å²) in [5.41, 5.74) is 1.82. The molecule has 0 bridgehead atoms. The first-order chi connectivity index (χ1) is 9.52. The first-order valence-corrected chi connectivity index (χ1v) is 5.78. The van der Waals surface area contributed by atoms with Crippen LogP contribution >= 0.6 is 0 Å². The van der Waals surface area contributed by atoms with Crippen molar-refractivity contribution in [1.29, 1.82) is 0 Å². The summed E-state index contributed by atoms with van der Waals surface area (Å²) in [6.45, 7) is 0. The average molecular weight is 272 g/mol. The second kappa shape index (κ2) is 5.44. The Bertz CT molecular complexity index is 658. The van der Waals surface area contributed by atoms with Gasteiger partial charge in [-0.3, -0.25) is 0 Å². The molecule has 0 spiro atoms. The number of methoxy groups -OCH3 is 1. The summed E-state index contributed by atoms with van der Waals surface area (Å²) in [7, 11) is 1.40. The molecule has 2 N–H and O–H groups in total. The van der Waals surface area contributed by atoms with Crippen molar-refractivity contribution in [3.63, 3.8) is 0 Å². The summed E-state index contributed by atoms with van der Waals surface area (Å²) in [6, 6.07) is 11.0. The lowest BCUT2D eigenvalue weighted by Gasteiger charge is -2.08. The molecule has 0 aliphatic heterocycles. The molecule has 0 aromatic heterocycles. The Morgan fingerprint density at radius 1 is 0.900 bits per heavy atom. The van der Waals surface area contributed by atoms with Gasteiger partial charge in [0.25, 0.3) is 0 Å². The molecule has 2 aromatic carbocycles. The van der Waals surface area contributed by atoms with Crippen molar-refractivity contribution in [2.45, 2.75) is 0 Å². The molecule has 0 radical (unpaired) electrons. The molecular formula is C15H12O5. The van der Waals surface area contributed by atoms with Crippen LogP contribution in [0, 0.1) is 0 Å². The van der Waals surface area contributed by atoms with Crippen molar-refractivity contribution >= 4 is 11.9 Å². The topological polar surface area (TPSA) is 83.8 Å². The van der Waals surface area contributed by atoms with Crippen LogP contribution in [-0.2, 0) is 0 Å². The maximum absolute atomic E-state index is 11.0. The zero-order valence-corrected chi connectivity index (χ0v) is 10.7. The first-order valence-electron chi connectivity index (χ1n) is 5.78. The Morgan fingerprint density at radius 2 is 1.50 bits per heavy atom. The molecule has 20 heavy (non-hydrogen) atoms. The third kappa shape index (κ3) is 2.61. The van der Waals surface area contributed by atoms with Gasteiger partial charge in [-0.1, -0.05) is 18.2 Å². The van der Waals surface area contributed by atoms with Gasteiger partial charge in [0.05, 0.1) is 12.7 Å². The van der Waals surface area contributed by atoms with Gasteiger partial charge in [0.1, 0.15) is 11.3 Å². The summed E-state index contributed by atoms with van der Waals surface area (Å²) >= 11 is 0. The molecule has 0 unspecified atom stereocenters. The van der Waals surface area contributed by atoms with E-state index in [2.05, 4.69) is 0 Å². The minimum atomic E-state index is -1.06. The molecule has 0 heterocycles. The maximum atomic E-state index is 11.0. The minimum absolute atomic E-state index is 0.0819. The highest BCUT2D eigenvalue weighted by Crippen LogP contribution is 2.27. The first kappa shape index (κ1) is 13.6. The van der Waals surface area contributed by atoms with E-state index in [1.165, 1.54) is 25.3 Å². The second-order valence-electron chi connectivity index (χ2n) is 4.10. The zero-order valence-electron chi connectivity index (χ0n) is 10.7. The quantitative estimate of drug-likeness (QED) is 0.894. The fraction of sp³-hybridized carbons (Fsp3) is 0.0667. The number of hydrogen-bond donors (Lipinski definition) is 2. The molecule has 0 aliphatic carbocycles. The van der Waals surface area contributed by atoms with Gasteiger partial charge in [-0.2, -0.15) is 0 Å². The van der Waals surface area contributed by atoms with Crippen molar-refractivity contribution in [2.75, 3.05) is 7.11 Å². The molecule has 2 rings (SSSR count). The molecule has 0 amide bonds. The highest BCUT2D eigenvalue weighted by atomic mass is 16.5. The number of rotatable bonds is 4. The van der Waals surface area contributed by atoms with E-state index in [-0.39, 0.29) is 16.9 Å². The molecule has 0 atom stereocenters. The number of aromatic carboxylic acids is 2. The molecule has 0 saturated heterocycles. The Balaban J connectivity index is 2.42. The summed E-state index contributed by atoms with van der Waals surface area (Å²) < 4.78 is 5.06. The van der Waals surface area contributed by atoms with E-state index in [0.717, 1.165) is 11.1 Å². The SMILES string of the molecule is COc1cc(-c2ccc(C(=O)O)cc2)ccc1C(=O)O. The molecular weight excluding hydrogens is 260 g/mol. The monoisotopic (exact) mass is 272 g/mol. The third-order valence-corrected chi connectivity index (χ3v) is 2.90. The van der Waals surface area contributed by atoms with Crippen molar-refractivity contribution in [3.8, 4) is 16.9 Å². The maximum Gasteiger partial charge on any atom is 0.339 e. The van der Waals surface area contributed by atoms with Gasteiger partial charge in [-0.05, 0) is 35.4 Å². The van der Waals surface area contributed by atoms with Crippen LogP contribution in [0.1, 0.15) is 20.7 Å².